The van der Waals surface area contributed by atoms with Crippen LogP contribution in [0.25, 0.3) is 11.2 Å². The summed E-state index contributed by atoms with van der Waals surface area (Å²) in [7, 11) is 3.52. The fourth-order valence-electron chi connectivity index (χ4n) is 2.44. The van der Waals surface area contributed by atoms with Crippen LogP contribution in [-0.2, 0) is 4.74 Å². The Morgan fingerprint density at radius 3 is 2.71 bits per heavy atom. The highest BCUT2D eigenvalue weighted by Crippen LogP contribution is 2.30. The number of nitrogens with zero attached hydrogens (tertiary/aromatic N) is 6. The quantitative estimate of drug-likeness (QED) is 0.413. The van der Waals surface area contributed by atoms with Crippen LogP contribution in [0.3, 0.4) is 0 Å². The first-order valence-electron chi connectivity index (χ1n) is 7.21. The lowest BCUT2D eigenvalue weighted by molar-refractivity contribution is -0.0511. The molecule has 0 saturated carbocycles. The van der Waals surface area contributed by atoms with E-state index in [9.17, 15) is 15.0 Å². The van der Waals surface area contributed by atoms with Crippen molar-refractivity contribution in [3.63, 3.8) is 0 Å². The second kappa shape index (κ2) is 6.28. The van der Waals surface area contributed by atoms with Gasteiger partial charge in [0.1, 0.15) is 31.0 Å². The zero-order valence-corrected chi connectivity index (χ0v) is 13.1. The number of hydrogen-bond donors (Lipinski definition) is 3. The summed E-state index contributed by atoms with van der Waals surface area (Å²) in [5.74, 6) is 0. The number of fused-ring (bicyclic) bond motifs is 1. The molecule has 1 aliphatic rings. The first-order valence-corrected chi connectivity index (χ1v) is 7.21. The average molecular weight is 338 g/mol. The van der Waals surface area contributed by atoms with E-state index in [2.05, 4.69) is 15.1 Å². The van der Waals surface area contributed by atoms with Gasteiger partial charge >= 0.3 is 5.56 Å². The van der Waals surface area contributed by atoms with Gasteiger partial charge in [-0.1, -0.05) is 0 Å². The van der Waals surface area contributed by atoms with Gasteiger partial charge in [0.05, 0.1) is 12.9 Å². The first kappa shape index (κ1) is 16.5. The minimum atomic E-state index is -1.28. The van der Waals surface area contributed by atoms with Crippen molar-refractivity contribution >= 4 is 17.5 Å². The van der Waals surface area contributed by atoms with Gasteiger partial charge in [-0.05, 0) is 0 Å². The highest BCUT2D eigenvalue weighted by molar-refractivity contribution is 5.69. The summed E-state index contributed by atoms with van der Waals surface area (Å²) in [6.45, 7) is -0.444. The van der Waals surface area contributed by atoms with Crippen molar-refractivity contribution in [2.75, 3.05) is 20.7 Å². The van der Waals surface area contributed by atoms with Crippen LogP contribution >= 0.6 is 0 Å². The number of ether oxygens (including phenoxy) is 1. The molecular formula is C13H18N6O5. The van der Waals surface area contributed by atoms with Gasteiger partial charge in [0.15, 0.2) is 17.4 Å². The molecule has 0 amide bonds. The van der Waals surface area contributed by atoms with Crippen molar-refractivity contribution in [3.05, 3.63) is 23.0 Å². The summed E-state index contributed by atoms with van der Waals surface area (Å²) in [5, 5.41) is 33.0. The minimum Gasteiger partial charge on any atom is -0.394 e. The molecule has 0 radical (unpaired) electrons. The third kappa shape index (κ3) is 2.67. The number of hydrogen-bond acceptors (Lipinski definition) is 8. The SMILES string of the molecule is CN(C)/C=N/n1cnc2c(ncn2C2OC(CO)C(O)C2O)c1=O. The standard InChI is InChI=1S/C13H18N6O5/c1-17(2)6-16-19-5-15-11-8(12(19)23)14-4-18(11)13-10(22)9(21)7(3-20)24-13/h4-7,9-10,13,20-22H,3H2,1-2H3/b16-6+. The molecular weight excluding hydrogens is 320 g/mol. The van der Waals surface area contributed by atoms with Crippen molar-refractivity contribution in [1.29, 1.82) is 0 Å². The molecule has 24 heavy (non-hydrogen) atoms. The monoisotopic (exact) mass is 338 g/mol. The lowest BCUT2D eigenvalue weighted by atomic mass is 10.1. The lowest BCUT2D eigenvalue weighted by Crippen LogP contribution is -2.33. The third-order valence-electron chi connectivity index (χ3n) is 3.67. The van der Waals surface area contributed by atoms with E-state index in [0.717, 1.165) is 4.68 Å². The predicted octanol–water partition coefficient (Wildman–Crippen LogP) is -2.44. The lowest BCUT2D eigenvalue weighted by Gasteiger charge is -2.16. The molecule has 0 aliphatic carbocycles. The second-order valence-corrected chi connectivity index (χ2v) is 5.64. The molecule has 3 rings (SSSR count). The van der Waals surface area contributed by atoms with Gasteiger partial charge in [0, 0.05) is 14.1 Å². The zero-order chi connectivity index (χ0) is 17.4. The molecule has 11 nitrogen and oxygen atoms in total. The van der Waals surface area contributed by atoms with Gasteiger partial charge in [-0.25, -0.2) is 9.97 Å². The van der Waals surface area contributed by atoms with E-state index in [0.29, 0.717) is 0 Å². The van der Waals surface area contributed by atoms with E-state index in [-0.39, 0.29) is 11.2 Å². The van der Waals surface area contributed by atoms with E-state index in [1.807, 2.05) is 0 Å². The van der Waals surface area contributed by atoms with E-state index >= 15 is 0 Å². The molecule has 1 aliphatic heterocycles. The highest BCUT2D eigenvalue weighted by Gasteiger charge is 2.44. The van der Waals surface area contributed by atoms with E-state index in [4.69, 9.17) is 9.84 Å². The van der Waals surface area contributed by atoms with Gasteiger partial charge in [0.2, 0.25) is 0 Å². The normalized spacial score (nSPS) is 27.4. The Morgan fingerprint density at radius 2 is 2.08 bits per heavy atom. The third-order valence-corrected chi connectivity index (χ3v) is 3.67. The summed E-state index contributed by atoms with van der Waals surface area (Å²) in [6.07, 6.45) is -0.498. The molecule has 130 valence electrons. The number of rotatable bonds is 4. The van der Waals surface area contributed by atoms with E-state index < -0.39 is 36.7 Å². The van der Waals surface area contributed by atoms with Gasteiger partial charge < -0.3 is 25.0 Å². The second-order valence-electron chi connectivity index (χ2n) is 5.64. The van der Waals surface area contributed by atoms with Gasteiger partial charge in [-0.15, -0.1) is 0 Å². The number of aromatic nitrogens is 4. The fourth-order valence-corrected chi connectivity index (χ4v) is 2.44. The van der Waals surface area contributed by atoms with Crippen molar-refractivity contribution < 1.29 is 20.1 Å². The van der Waals surface area contributed by atoms with E-state index in [1.165, 1.54) is 23.6 Å². The molecule has 3 heterocycles. The van der Waals surface area contributed by atoms with Crippen molar-refractivity contribution in [2.24, 2.45) is 5.10 Å². The van der Waals surface area contributed by atoms with E-state index in [1.54, 1.807) is 19.0 Å². The zero-order valence-electron chi connectivity index (χ0n) is 13.1. The van der Waals surface area contributed by atoms with Gasteiger partial charge in [-0.2, -0.15) is 9.78 Å². The van der Waals surface area contributed by atoms with Crippen molar-refractivity contribution in [2.45, 2.75) is 24.5 Å². The summed E-state index contributed by atoms with van der Waals surface area (Å²) >= 11 is 0. The summed E-state index contributed by atoms with van der Waals surface area (Å²) in [6, 6.07) is 0. The summed E-state index contributed by atoms with van der Waals surface area (Å²) < 4.78 is 7.81. The average Bonchev–Trinajstić information content (AvgIpc) is 3.09. The maximum atomic E-state index is 12.4. The maximum absolute atomic E-state index is 12.4. The molecule has 1 fully saturated rings. The van der Waals surface area contributed by atoms with Crippen LogP contribution in [0.15, 0.2) is 22.6 Å². The Morgan fingerprint density at radius 1 is 1.33 bits per heavy atom. The molecule has 0 aromatic carbocycles. The molecule has 2 aromatic heterocycles. The molecule has 0 bridgehead atoms. The van der Waals surface area contributed by atoms with Crippen LogP contribution in [0.2, 0.25) is 0 Å². The van der Waals surface area contributed by atoms with Crippen molar-refractivity contribution in [1.82, 2.24) is 24.1 Å². The molecule has 11 heteroatoms. The number of aliphatic hydroxyl groups is 3. The largest absolute Gasteiger partial charge is 0.394 e. The Labute approximate surface area is 136 Å². The van der Waals surface area contributed by atoms with Crippen LogP contribution in [0.5, 0.6) is 0 Å². The molecule has 1 saturated heterocycles. The maximum Gasteiger partial charge on any atom is 0.302 e. The van der Waals surface area contributed by atoms with Crippen molar-refractivity contribution in [3.8, 4) is 0 Å². The molecule has 3 N–H and O–H groups in total. The topological polar surface area (TPSA) is 138 Å². The predicted molar refractivity (Wildman–Crippen MR) is 82.4 cm³/mol. The molecule has 4 unspecified atom stereocenters. The van der Waals surface area contributed by atoms with Crippen LogP contribution in [-0.4, -0.2) is 84.8 Å². The Balaban J connectivity index is 2.00. The van der Waals surface area contributed by atoms with Crippen LogP contribution in [0.4, 0.5) is 0 Å². The molecule has 2 aromatic rings. The van der Waals surface area contributed by atoms with Gasteiger partial charge in [-0.3, -0.25) is 9.36 Å². The highest BCUT2D eigenvalue weighted by atomic mass is 16.6. The van der Waals surface area contributed by atoms with Crippen LogP contribution < -0.4 is 5.56 Å². The minimum absolute atomic E-state index is 0.0474. The molecule has 4 atom stereocenters. The van der Waals surface area contributed by atoms with Crippen LogP contribution in [0, 0.1) is 0 Å². The molecule has 0 spiro atoms. The number of imidazole rings is 1. The summed E-state index contributed by atoms with van der Waals surface area (Å²) in [5.41, 5.74) is -0.249. The first-order chi connectivity index (χ1) is 11.4. The Bertz CT molecular complexity index is 815. The fraction of sp³-hybridized carbons (Fsp3) is 0.538. The number of aliphatic hydroxyl groups excluding tert-OH is 3. The smallest absolute Gasteiger partial charge is 0.302 e. The van der Waals surface area contributed by atoms with Crippen LogP contribution in [0.1, 0.15) is 6.23 Å². The van der Waals surface area contributed by atoms with Gasteiger partial charge in [0.25, 0.3) is 0 Å². The Hall–Kier alpha value is -2.34. The summed E-state index contributed by atoms with van der Waals surface area (Å²) in [4.78, 5) is 22.2. The Kier molecular flexibility index (Phi) is 4.32.